The van der Waals surface area contributed by atoms with Crippen molar-refractivity contribution in [3.05, 3.63) is 42.0 Å². The van der Waals surface area contributed by atoms with Gasteiger partial charge in [-0.1, -0.05) is 36.9 Å². The third kappa shape index (κ3) is 4.22. The van der Waals surface area contributed by atoms with Crippen molar-refractivity contribution in [2.45, 2.75) is 60.7 Å². The third-order valence-corrected chi connectivity index (χ3v) is 6.00. The van der Waals surface area contributed by atoms with Gasteiger partial charge >= 0.3 is 0 Å². The molecule has 0 saturated carbocycles. The molecule has 9 atom stereocenters. The van der Waals surface area contributed by atoms with Gasteiger partial charge in [0.15, 0.2) is 0 Å². The Bertz CT molecular complexity index is 789. The number of benzene rings is 1. The van der Waals surface area contributed by atoms with E-state index in [9.17, 15) is 40.9 Å². The molecule has 11 nitrogen and oxygen atoms in total. The zero-order valence-corrected chi connectivity index (χ0v) is 17.3. The maximum absolute atomic E-state index is 10.9. The predicted molar refractivity (Wildman–Crippen MR) is 108 cm³/mol. The van der Waals surface area contributed by atoms with E-state index in [1.54, 1.807) is 24.3 Å². The molecule has 0 amide bonds. The summed E-state index contributed by atoms with van der Waals surface area (Å²) in [5, 5.41) is 81.5. The monoisotopic (exact) mass is 458 g/mol. The van der Waals surface area contributed by atoms with Crippen molar-refractivity contribution in [1.29, 1.82) is 0 Å². The topological polar surface area (TPSA) is 190 Å². The van der Waals surface area contributed by atoms with E-state index in [0.29, 0.717) is 11.1 Å². The van der Waals surface area contributed by atoms with Crippen LogP contribution in [0.5, 0.6) is 0 Å². The van der Waals surface area contributed by atoms with E-state index in [1.807, 2.05) is 0 Å². The molecule has 3 rings (SSSR count). The molecular weight excluding hydrogens is 428 g/mol. The Balaban J connectivity index is 2.09. The molecule has 0 aliphatic carbocycles. The fourth-order valence-electron chi connectivity index (χ4n) is 4.18. The smallest absolute Gasteiger partial charge is 0.224 e. The number of aliphatic hydroxyl groups excluding tert-OH is 8. The summed E-state index contributed by atoms with van der Waals surface area (Å²) in [6.45, 7) is 1.24. The highest BCUT2D eigenvalue weighted by molar-refractivity contribution is 5.52. The van der Waals surface area contributed by atoms with Crippen molar-refractivity contribution in [3.63, 3.8) is 0 Å². The standard InChI is InChI=1S/C21H30O11/c1-2-11-5-3-4-6-12(11)7-20(19(29)17(27)15(25)13(8-22)30-20)32-21(10-24)18(28)16(26)14(9-23)31-21/h2-6,13-19,22-29H,1,7-10H2/t13-,14-,15-,16-,17+,18+,19-,20+,21?/m1/s1. The van der Waals surface area contributed by atoms with E-state index in [1.165, 1.54) is 6.08 Å². The van der Waals surface area contributed by atoms with Gasteiger partial charge in [-0.3, -0.25) is 0 Å². The van der Waals surface area contributed by atoms with Gasteiger partial charge in [-0.2, -0.15) is 0 Å². The van der Waals surface area contributed by atoms with Gasteiger partial charge in [0.25, 0.3) is 0 Å². The Kier molecular flexibility index (Phi) is 7.70. The fraction of sp³-hybridized carbons (Fsp3) is 0.619. The van der Waals surface area contributed by atoms with Crippen molar-refractivity contribution in [2.75, 3.05) is 19.8 Å². The second-order valence-electron chi connectivity index (χ2n) is 8.00. The van der Waals surface area contributed by atoms with E-state index >= 15 is 0 Å². The normalized spacial score (nSPS) is 42.2. The Morgan fingerprint density at radius 2 is 1.41 bits per heavy atom. The molecule has 0 spiro atoms. The first-order chi connectivity index (χ1) is 15.2. The Morgan fingerprint density at radius 3 is 1.97 bits per heavy atom. The number of hydrogen-bond donors (Lipinski definition) is 8. The maximum Gasteiger partial charge on any atom is 0.224 e. The van der Waals surface area contributed by atoms with Crippen LogP contribution in [0.4, 0.5) is 0 Å². The van der Waals surface area contributed by atoms with Gasteiger partial charge in [-0.05, 0) is 11.1 Å². The second kappa shape index (κ2) is 9.79. The lowest BCUT2D eigenvalue weighted by atomic mass is 9.87. The Labute approximate surface area is 184 Å². The van der Waals surface area contributed by atoms with Gasteiger partial charge in [-0.15, -0.1) is 0 Å². The minimum absolute atomic E-state index is 0.297. The highest BCUT2D eigenvalue weighted by Gasteiger charge is 2.63. The van der Waals surface area contributed by atoms with Crippen LogP contribution < -0.4 is 0 Å². The van der Waals surface area contributed by atoms with E-state index in [2.05, 4.69) is 6.58 Å². The molecule has 2 fully saturated rings. The van der Waals surface area contributed by atoms with Gasteiger partial charge in [0.2, 0.25) is 11.6 Å². The van der Waals surface area contributed by atoms with E-state index in [4.69, 9.17) is 14.2 Å². The molecule has 1 unspecified atom stereocenters. The zero-order valence-electron chi connectivity index (χ0n) is 17.3. The third-order valence-electron chi connectivity index (χ3n) is 6.00. The molecule has 1 aromatic carbocycles. The Hall–Kier alpha value is -1.48. The van der Waals surface area contributed by atoms with Gasteiger partial charge in [0.05, 0.1) is 13.2 Å². The van der Waals surface area contributed by atoms with E-state index < -0.39 is 74.1 Å². The molecule has 2 aliphatic heterocycles. The maximum atomic E-state index is 10.9. The number of ether oxygens (including phenoxy) is 3. The quantitative estimate of drug-likeness (QED) is 0.196. The second-order valence-corrected chi connectivity index (χ2v) is 8.00. The summed E-state index contributed by atoms with van der Waals surface area (Å²) in [4.78, 5) is 0. The largest absolute Gasteiger partial charge is 0.394 e. The Morgan fingerprint density at radius 1 is 0.844 bits per heavy atom. The van der Waals surface area contributed by atoms with Crippen LogP contribution in [-0.4, -0.2) is 115 Å². The van der Waals surface area contributed by atoms with Crippen LogP contribution in [0.2, 0.25) is 0 Å². The number of hydrogen-bond acceptors (Lipinski definition) is 11. The lowest BCUT2D eigenvalue weighted by Crippen LogP contribution is -2.70. The summed E-state index contributed by atoms with van der Waals surface area (Å²) in [6.07, 6.45) is -10.5. The first kappa shape index (κ1) is 25.1. The van der Waals surface area contributed by atoms with Crippen LogP contribution in [0.15, 0.2) is 30.8 Å². The molecular formula is C21H30O11. The minimum Gasteiger partial charge on any atom is -0.394 e. The summed E-state index contributed by atoms with van der Waals surface area (Å²) < 4.78 is 17.1. The van der Waals surface area contributed by atoms with Crippen LogP contribution in [0.1, 0.15) is 11.1 Å². The average molecular weight is 458 g/mol. The van der Waals surface area contributed by atoms with Crippen molar-refractivity contribution < 1.29 is 55.1 Å². The van der Waals surface area contributed by atoms with Crippen molar-refractivity contribution in [3.8, 4) is 0 Å². The lowest BCUT2D eigenvalue weighted by Gasteiger charge is -2.51. The SMILES string of the molecule is C=Cc1ccccc1C[C@@]1(OC2(CO)O[C@H](CO)[C@@H](O)[C@@H]2O)O[C@H](CO)[C@@H](O)[C@H](O)[C@H]1O. The first-order valence-corrected chi connectivity index (χ1v) is 10.2. The molecule has 8 N–H and O–H groups in total. The molecule has 2 heterocycles. The van der Waals surface area contributed by atoms with Gasteiger partial charge < -0.3 is 55.1 Å². The van der Waals surface area contributed by atoms with Crippen molar-refractivity contribution >= 4 is 6.08 Å². The number of rotatable bonds is 8. The van der Waals surface area contributed by atoms with Gasteiger partial charge in [-0.25, -0.2) is 0 Å². The first-order valence-electron chi connectivity index (χ1n) is 10.2. The molecule has 32 heavy (non-hydrogen) atoms. The van der Waals surface area contributed by atoms with Crippen molar-refractivity contribution in [2.24, 2.45) is 0 Å². The van der Waals surface area contributed by atoms with Crippen molar-refractivity contribution in [1.82, 2.24) is 0 Å². The lowest BCUT2D eigenvalue weighted by molar-refractivity contribution is -0.433. The molecule has 1 aromatic rings. The highest BCUT2D eigenvalue weighted by atomic mass is 16.8. The molecule has 180 valence electrons. The van der Waals surface area contributed by atoms with Gasteiger partial charge in [0.1, 0.15) is 49.3 Å². The van der Waals surface area contributed by atoms with Crippen LogP contribution in [0.3, 0.4) is 0 Å². The van der Waals surface area contributed by atoms with E-state index in [-0.39, 0.29) is 6.42 Å². The van der Waals surface area contributed by atoms with Crippen LogP contribution in [0.25, 0.3) is 6.08 Å². The summed E-state index contributed by atoms with van der Waals surface area (Å²) in [5.74, 6) is -4.63. The van der Waals surface area contributed by atoms with Gasteiger partial charge in [0, 0.05) is 6.42 Å². The average Bonchev–Trinajstić information content (AvgIpc) is 3.05. The summed E-state index contributed by atoms with van der Waals surface area (Å²) >= 11 is 0. The summed E-state index contributed by atoms with van der Waals surface area (Å²) in [7, 11) is 0. The summed E-state index contributed by atoms with van der Waals surface area (Å²) in [5.41, 5.74) is 1.13. The van der Waals surface area contributed by atoms with Crippen LogP contribution >= 0.6 is 0 Å². The molecule has 2 saturated heterocycles. The zero-order chi connectivity index (χ0) is 23.7. The summed E-state index contributed by atoms with van der Waals surface area (Å²) in [6, 6.07) is 6.80. The predicted octanol–water partition coefficient (Wildman–Crippen LogP) is -3.14. The highest BCUT2D eigenvalue weighted by Crippen LogP contribution is 2.42. The molecule has 0 radical (unpaired) electrons. The molecule has 11 heteroatoms. The van der Waals surface area contributed by atoms with E-state index in [0.717, 1.165) is 0 Å². The fourth-order valence-corrected chi connectivity index (χ4v) is 4.18. The molecule has 2 aliphatic rings. The minimum atomic E-state index is -2.36. The molecule has 0 aromatic heterocycles. The number of aliphatic hydroxyl groups is 8. The molecule has 0 bridgehead atoms. The van der Waals surface area contributed by atoms with Crippen LogP contribution in [-0.2, 0) is 20.6 Å². The van der Waals surface area contributed by atoms with Crippen LogP contribution in [0, 0.1) is 0 Å².